The van der Waals surface area contributed by atoms with E-state index in [9.17, 15) is 14.4 Å². The van der Waals surface area contributed by atoms with Crippen LogP contribution in [0.4, 0.5) is 4.79 Å². The van der Waals surface area contributed by atoms with E-state index in [1.165, 1.54) is 12.1 Å². The predicted octanol–water partition coefficient (Wildman–Crippen LogP) is 4.06. The Morgan fingerprint density at radius 3 is 2.31 bits per heavy atom. The fourth-order valence-electron chi connectivity index (χ4n) is 3.27. The van der Waals surface area contributed by atoms with E-state index >= 15 is 0 Å². The molecule has 0 aliphatic carbocycles. The maximum atomic E-state index is 12.8. The van der Waals surface area contributed by atoms with Crippen molar-refractivity contribution in [2.45, 2.75) is 13.2 Å². The molecule has 4 rings (SSSR count). The second-order valence-corrected chi connectivity index (χ2v) is 7.19. The van der Waals surface area contributed by atoms with E-state index < -0.39 is 17.9 Å². The smallest absolute Gasteiger partial charge is 0.335 e. The van der Waals surface area contributed by atoms with Crippen molar-refractivity contribution < 1.29 is 24.2 Å². The first-order valence-electron chi connectivity index (χ1n) is 9.94. The summed E-state index contributed by atoms with van der Waals surface area (Å²) in [7, 11) is 0. The highest BCUT2D eigenvalue weighted by Gasteiger charge is 2.33. The Balaban J connectivity index is 1.49. The standard InChI is InChI=1S/C25H20N2O5/c28-23-21(26-25(31)27(23)15-17-6-2-1-3-7-17)14-20-8-4-5-9-22(20)32-16-18-10-12-19(13-11-18)24(29)30/h1-14H,15-16H2,(H,26,31)(H,29,30)/b21-14-. The number of hydrogen-bond acceptors (Lipinski definition) is 4. The fourth-order valence-corrected chi connectivity index (χ4v) is 3.27. The third-order valence-electron chi connectivity index (χ3n) is 4.96. The third-order valence-corrected chi connectivity index (χ3v) is 4.96. The van der Waals surface area contributed by atoms with Crippen molar-refractivity contribution in [3.8, 4) is 5.75 Å². The fraction of sp³-hybridized carbons (Fsp3) is 0.0800. The third kappa shape index (κ3) is 4.67. The van der Waals surface area contributed by atoms with Gasteiger partial charge in [-0.15, -0.1) is 0 Å². The molecule has 2 N–H and O–H groups in total. The molecule has 1 aliphatic heterocycles. The minimum Gasteiger partial charge on any atom is -0.488 e. The van der Waals surface area contributed by atoms with Crippen LogP contribution in [-0.2, 0) is 17.9 Å². The lowest BCUT2D eigenvalue weighted by molar-refractivity contribution is -0.123. The topological polar surface area (TPSA) is 95.9 Å². The van der Waals surface area contributed by atoms with E-state index in [0.29, 0.717) is 11.3 Å². The monoisotopic (exact) mass is 428 g/mol. The van der Waals surface area contributed by atoms with Crippen LogP contribution in [0.15, 0.2) is 84.6 Å². The zero-order valence-corrected chi connectivity index (χ0v) is 17.0. The first-order valence-corrected chi connectivity index (χ1v) is 9.94. The highest BCUT2D eigenvalue weighted by Crippen LogP contribution is 2.24. The van der Waals surface area contributed by atoms with Crippen LogP contribution in [0.5, 0.6) is 5.75 Å². The van der Waals surface area contributed by atoms with Crippen molar-refractivity contribution in [2.24, 2.45) is 0 Å². The van der Waals surface area contributed by atoms with Crippen molar-refractivity contribution in [2.75, 3.05) is 0 Å². The Labute approximate surface area is 184 Å². The van der Waals surface area contributed by atoms with Crippen molar-refractivity contribution in [1.82, 2.24) is 10.2 Å². The molecule has 0 radical (unpaired) electrons. The summed E-state index contributed by atoms with van der Waals surface area (Å²) in [5.74, 6) is -0.859. The molecule has 3 amide bonds. The molecule has 1 aliphatic rings. The lowest BCUT2D eigenvalue weighted by Crippen LogP contribution is -2.30. The van der Waals surface area contributed by atoms with Crippen molar-refractivity contribution >= 4 is 24.0 Å². The Morgan fingerprint density at radius 1 is 0.906 bits per heavy atom. The van der Waals surface area contributed by atoms with Gasteiger partial charge in [-0.05, 0) is 35.4 Å². The van der Waals surface area contributed by atoms with Crippen LogP contribution < -0.4 is 10.1 Å². The van der Waals surface area contributed by atoms with Crippen LogP contribution in [0.3, 0.4) is 0 Å². The number of hydrogen-bond donors (Lipinski definition) is 2. The number of carbonyl (C=O) groups is 3. The molecule has 7 nitrogen and oxygen atoms in total. The van der Waals surface area contributed by atoms with Gasteiger partial charge in [0.1, 0.15) is 18.1 Å². The number of benzene rings is 3. The summed E-state index contributed by atoms with van der Waals surface area (Å²) >= 11 is 0. The molecule has 1 saturated heterocycles. The van der Waals surface area contributed by atoms with Gasteiger partial charge in [0.05, 0.1) is 12.1 Å². The van der Waals surface area contributed by atoms with Gasteiger partial charge >= 0.3 is 12.0 Å². The van der Waals surface area contributed by atoms with E-state index in [1.807, 2.05) is 42.5 Å². The lowest BCUT2D eigenvalue weighted by Gasteiger charge is -2.11. The highest BCUT2D eigenvalue weighted by atomic mass is 16.5. The maximum absolute atomic E-state index is 12.8. The molecule has 32 heavy (non-hydrogen) atoms. The molecule has 1 fully saturated rings. The lowest BCUT2D eigenvalue weighted by atomic mass is 10.1. The van der Waals surface area contributed by atoms with E-state index in [2.05, 4.69) is 5.32 Å². The molecular formula is C25H20N2O5. The van der Waals surface area contributed by atoms with Crippen LogP contribution >= 0.6 is 0 Å². The first-order chi connectivity index (χ1) is 15.5. The summed E-state index contributed by atoms with van der Waals surface area (Å²) < 4.78 is 5.89. The first kappa shape index (κ1) is 20.9. The number of carboxylic acid groups (broad SMARTS) is 1. The van der Waals surface area contributed by atoms with E-state index in [1.54, 1.807) is 30.3 Å². The van der Waals surface area contributed by atoms with Gasteiger partial charge in [-0.2, -0.15) is 0 Å². The van der Waals surface area contributed by atoms with E-state index in [4.69, 9.17) is 9.84 Å². The number of carbonyl (C=O) groups excluding carboxylic acids is 2. The van der Waals surface area contributed by atoms with Crippen LogP contribution in [0.2, 0.25) is 0 Å². The van der Waals surface area contributed by atoms with Crippen LogP contribution in [0.25, 0.3) is 6.08 Å². The summed E-state index contributed by atoms with van der Waals surface area (Å²) in [5, 5.41) is 11.6. The number of urea groups is 1. The number of amides is 3. The number of aromatic carboxylic acids is 1. The van der Waals surface area contributed by atoms with Crippen LogP contribution in [0, 0.1) is 0 Å². The molecule has 0 bridgehead atoms. The summed E-state index contributed by atoms with van der Waals surface area (Å²) in [6.07, 6.45) is 1.59. The Bertz CT molecular complexity index is 1190. The SMILES string of the molecule is O=C(O)c1ccc(COc2ccccc2/C=C2\NC(=O)N(Cc3ccccc3)C2=O)cc1. The largest absolute Gasteiger partial charge is 0.488 e. The van der Waals surface area contributed by atoms with E-state index in [-0.39, 0.29) is 24.4 Å². The molecule has 0 atom stereocenters. The van der Waals surface area contributed by atoms with Gasteiger partial charge in [0.25, 0.3) is 5.91 Å². The quantitative estimate of drug-likeness (QED) is 0.437. The maximum Gasteiger partial charge on any atom is 0.335 e. The number of carboxylic acids is 1. The van der Waals surface area contributed by atoms with Gasteiger partial charge in [-0.1, -0.05) is 60.7 Å². The van der Waals surface area contributed by atoms with Crippen LogP contribution in [0.1, 0.15) is 27.0 Å². The zero-order valence-electron chi connectivity index (χ0n) is 17.0. The minimum absolute atomic E-state index is 0.174. The minimum atomic E-state index is -0.987. The number of imide groups is 1. The molecule has 160 valence electrons. The van der Waals surface area contributed by atoms with Gasteiger partial charge in [-0.3, -0.25) is 9.69 Å². The Hall–Kier alpha value is -4.39. The van der Waals surface area contributed by atoms with E-state index in [0.717, 1.165) is 16.0 Å². The second-order valence-electron chi connectivity index (χ2n) is 7.19. The van der Waals surface area contributed by atoms with Gasteiger partial charge < -0.3 is 15.2 Å². The average molecular weight is 428 g/mol. The number of nitrogens with zero attached hydrogens (tertiary/aromatic N) is 1. The summed E-state index contributed by atoms with van der Waals surface area (Å²) in [4.78, 5) is 37.3. The van der Waals surface area contributed by atoms with Gasteiger partial charge in [-0.25, -0.2) is 9.59 Å². The van der Waals surface area contributed by atoms with Crippen molar-refractivity contribution in [1.29, 1.82) is 0 Å². The summed E-state index contributed by atoms with van der Waals surface area (Å²) in [5.41, 5.74) is 2.67. The molecule has 3 aromatic rings. The highest BCUT2D eigenvalue weighted by molar-refractivity contribution is 6.14. The van der Waals surface area contributed by atoms with Gasteiger partial charge in [0, 0.05) is 5.56 Å². The molecule has 1 heterocycles. The molecule has 0 spiro atoms. The molecule has 0 saturated carbocycles. The molecular weight excluding hydrogens is 408 g/mol. The Morgan fingerprint density at radius 2 is 1.59 bits per heavy atom. The number of rotatable bonds is 7. The molecule has 3 aromatic carbocycles. The second kappa shape index (κ2) is 9.18. The van der Waals surface area contributed by atoms with Gasteiger partial charge in [0.2, 0.25) is 0 Å². The normalized spacial score (nSPS) is 14.5. The summed E-state index contributed by atoms with van der Waals surface area (Å²) in [6, 6.07) is 22.4. The summed E-state index contributed by atoms with van der Waals surface area (Å²) in [6.45, 7) is 0.411. The average Bonchev–Trinajstić information content (AvgIpc) is 3.07. The number of para-hydroxylation sites is 1. The molecule has 7 heteroatoms. The number of nitrogens with one attached hydrogen (secondary N) is 1. The van der Waals surface area contributed by atoms with Crippen molar-refractivity contribution in [3.63, 3.8) is 0 Å². The zero-order chi connectivity index (χ0) is 22.5. The van der Waals surface area contributed by atoms with Crippen LogP contribution in [-0.4, -0.2) is 27.9 Å². The Kier molecular flexibility index (Phi) is 5.98. The number of ether oxygens (including phenoxy) is 1. The van der Waals surface area contributed by atoms with Crippen molar-refractivity contribution in [3.05, 3.63) is 107 Å². The molecule has 0 aromatic heterocycles. The predicted molar refractivity (Wildman–Crippen MR) is 118 cm³/mol. The van der Waals surface area contributed by atoms with Gasteiger partial charge in [0.15, 0.2) is 0 Å². The molecule has 0 unspecified atom stereocenters.